The first-order chi connectivity index (χ1) is 17.1. The monoisotopic (exact) mass is 489 g/mol. The SMILES string of the molecule is C[C@H](CCCNC(=O)c1ccccc1)[C@H]1CC=C2C3=C(CC[C@@]21C)[C@@]1(C)CC[C@H](O)C(C)(C)[C@@H]1CC3. The van der Waals surface area contributed by atoms with E-state index in [-0.39, 0.29) is 22.8 Å². The average molecular weight is 490 g/mol. The van der Waals surface area contributed by atoms with Crippen LogP contribution in [0.4, 0.5) is 0 Å². The Labute approximate surface area is 218 Å². The standard InChI is InChI=1S/C33H47NO2/c1-22(10-9-21-34-30(36)23-11-7-6-8-12-23)25-14-15-26-24-13-16-28-31(2,3)29(35)18-20-33(28,5)27(24)17-19-32(25,26)4/h6-8,11-12,15,22,25,28-29,35H,9-10,13-14,16-21H2,1-5H3,(H,34,36)/t22-,25-,28+,29+,32-,33-/m1/s1. The molecule has 4 aliphatic carbocycles. The van der Waals surface area contributed by atoms with E-state index in [0.717, 1.165) is 37.8 Å². The maximum absolute atomic E-state index is 12.4. The van der Waals surface area contributed by atoms with Crippen molar-refractivity contribution in [3.63, 3.8) is 0 Å². The van der Waals surface area contributed by atoms with Crippen molar-refractivity contribution in [2.45, 2.75) is 98.5 Å². The molecule has 1 fully saturated rings. The molecule has 0 aliphatic heterocycles. The number of amides is 1. The molecular formula is C33H47NO2. The van der Waals surface area contributed by atoms with Crippen molar-refractivity contribution in [2.75, 3.05) is 6.54 Å². The lowest BCUT2D eigenvalue weighted by atomic mass is 9.46. The van der Waals surface area contributed by atoms with Gasteiger partial charge in [-0.05, 0) is 115 Å². The number of hydrogen-bond donors (Lipinski definition) is 2. The summed E-state index contributed by atoms with van der Waals surface area (Å²) < 4.78 is 0. The lowest BCUT2D eigenvalue weighted by Crippen LogP contribution is -2.53. The van der Waals surface area contributed by atoms with Gasteiger partial charge in [0, 0.05) is 12.1 Å². The molecule has 6 atom stereocenters. The van der Waals surface area contributed by atoms with E-state index >= 15 is 0 Å². The molecule has 1 saturated carbocycles. The number of benzene rings is 1. The Morgan fingerprint density at radius 2 is 1.81 bits per heavy atom. The largest absolute Gasteiger partial charge is 0.393 e. The van der Waals surface area contributed by atoms with Gasteiger partial charge in [0.1, 0.15) is 0 Å². The van der Waals surface area contributed by atoms with Gasteiger partial charge < -0.3 is 10.4 Å². The number of carbonyl (C=O) groups is 1. The molecule has 0 heterocycles. The molecule has 0 spiro atoms. The number of aliphatic hydroxyl groups excluding tert-OH is 1. The van der Waals surface area contributed by atoms with Gasteiger partial charge in [0.2, 0.25) is 0 Å². The first-order valence-corrected chi connectivity index (χ1v) is 14.5. The van der Waals surface area contributed by atoms with E-state index in [9.17, 15) is 9.90 Å². The van der Waals surface area contributed by atoms with Crippen LogP contribution in [0.5, 0.6) is 0 Å². The predicted octanol–water partition coefficient (Wildman–Crippen LogP) is 7.47. The van der Waals surface area contributed by atoms with Crippen molar-refractivity contribution in [2.24, 2.45) is 34.0 Å². The first-order valence-electron chi connectivity index (χ1n) is 14.5. The molecule has 1 aromatic carbocycles. The zero-order chi connectivity index (χ0) is 25.7. The van der Waals surface area contributed by atoms with Gasteiger partial charge in [0.15, 0.2) is 0 Å². The fourth-order valence-electron chi connectivity index (χ4n) is 9.10. The minimum atomic E-state index is -0.167. The number of fused-ring (bicyclic) bond motifs is 4. The Bertz CT molecular complexity index is 1050. The van der Waals surface area contributed by atoms with Crippen LogP contribution in [-0.4, -0.2) is 23.7 Å². The molecule has 36 heavy (non-hydrogen) atoms. The molecule has 0 radical (unpaired) electrons. The maximum Gasteiger partial charge on any atom is 0.251 e. The number of aliphatic hydroxyl groups is 1. The van der Waals surface area contributed by atoms with E-state index in [1.54, 1.807) is 16.7 Å². The highest BCUT2D eigenvalue weighted by Gasteiger charge is 2.57. The van der Waals surface area contributed by atoms with Gasteiger partial charge in [-0.3, -0.25) is 4.79 Å². The fraction of sp³-hybridized carbons (Fsp3) is 0.667. The molecule has 3 heteroatoms. The number of carbonyl (C=O) groups excluding carboxylic acids is 1. The Morgan fingerprint density at radius 1 is 1.06 bits per heavy atom. The summed E-state index contributed by atoms with van der Waals surface area (Å²) in [6.07, 6.45) is 12.8. The van der Waals surface area contributed by atoms with E-state index in [0.29, 0.717) is 23.2 Å². The average Bonchev–Trinajstić information content (AvgIpc) is 3.22. The highest BCUT2D eigenvalue weighted by molar-refractivity contribution is 5.94. The van der Waals surface area contributed by atoms with Gasteiger partial charge in [0.25, 0.3) is 5.91 Å². The van der Waals surface area contributed by atoms with Gasteiger partial charge in [-0.1, -0.05) is 64.5 Å². The van der Waals surface area contributed by atoms with Crippen molar-refractivity contribution in [3.8, 4) is 0 Å². The van der Waals surface area contributed by atoms with Crippen LogP contribution in [-0.2, 0) is 0 Å². The van der Waals surface area contributed by atoms with Crippen molar-refractivity contribution in [1.82, 2.24) is 5.32 Å². The van der Waals surface area contributed by atoms with Crippen molar-refractivity contribution in [1.29, 1.82) is 0 Å². The number of hydrogen-bond acceptors (Lipinski definition) is 2. The zero-order valence-electron chi connectivity index (χ0n) is 23.2. The van der Waals surface area contributed by atoms with E-state index in [2.05, 4.69) is 46.0 Å². The predicted molar refractivity (Wildman–Crippen MR) is 148 cm³/mol. The highest BCUT2D eigenvalue weighted by atomic mass is 16.3. The quantitative estimate of drug-likeness (QED) is 0.407. The molecule has 0 aromatic heterocycles. The smallest absolute Gasteiger partial charge is 0.251 e. The van der Waals surface area contributed by atoms with Gasteiger partial charge in [-0.2, -0.15) is 0 Å². The summed E-state index contributed by atoms with van der Waals surface area (Å²) in [4.78, 5) is 12.4. The molecule has 0 unspecified atom stereocenters. The van der Waals surface area contributed by atoms with Gasteiger partial charge >= 0.3 is 0 Å². The third-order valence-corrected chi connectivity index (χ3v) is 11.3. The molecule has 1 amide bonds. The molecule has 5 rings (SSSR count). The molecule has 0 saturated heterocycles. The summed E-state index contributed by atoms with van der Waals surface area (Å²) >= 11 is 0. The number of nitrogens with one attached hydrogen (secondary N) is 1. The topological polar surface area (TPSA) is 49.3 Å². The molecule has 2 N–H and O–H groups in total. The second-order valence-corrected chi connectivity index (χ2v) is 13.5. The van der Waals surface area contributed by atoms with Crippen LogP contribution in [0.1, 0.15) is 103 Å². The molecule has 196 valence electrons. The van der Waals surface area contributed by atoms with Crippen LogP contribution in [0.3, 0.4) is 0 Å². The van der Waals surface area contributed by atoms with Gasteiger partial charge in [0.05, 0.1) is 6.10 Å². The lowest BCUT2D eigenvalue weighted by molar-refractivity contribution is -0.0905. The van der Waals surface area contributed by atoms with Crippen LogP contribution in [0.15, 0.2) is 53.1 Å². The highest BCUT2D eigenvalue weighted by Crippen LogP contribution is 2.66. The van der Waals surface area contributed by atoms with Crippen LogP contribution in [0.25, 0.3) is 0 Å². The summed E-state index contributed by atoms with van der Waals surface area (Å²) in [5.41, 5.74) is 6.43. The normalized spacial score (nSPS) is 35.8. The minimum absolute atomic E-state index is 0.00329. The summed E-state index contributed by atoms with van der Waals surface area (Å²) in [7, 11) is 0. The van der Waals surface area contributed by atoms with Crippen LogP contribution in [0.2, 0.25) is 0 Å². The Morgan fingerprint density at radius 3 is 2.56 bits per heavy atom. The Hall–Kier alpha value is -1.87. The summed E-state index contributed by atoms with van der Waals surface area (Å²) in [6.45, 7) is 12.9. The van der Waals surface area contributed by atoms with Crippen molar-refractivity contribution < 1.29 is 9.90 Å². The summed E-state index contributed by atoms with van der Waals surface area (Å²) in [5, 5.41) is 13.9. The third kappa shape index (κ3) is 4.10. The second-order valence-electron chi connectivity index (χ2n) is 13.5. The third-order valence-electron chi connectivity index (χ3n) is 11.3. The molecule has 3 nitrogen and oxygen atoms in total. The van der Waals surface area contributed by atoms with Crippen molar-refractivity contribution >= 4 is 5.91 Å². The number of allylic oxidation sites excluding steroid dienone is 4. The number of rotatable bonds is 6. The second kappa shape index (κ2) is 9.46. The maximum atomic E-state index is 12.4. The van der Waals surface area contributed by atoms with Gasteiger partial charge in [-0.25, -0.2) is 0 Å². The summed E-state index contributed by atoms with van der Waals surface area (Å²) in [5.74, 6) is 1.96. The molecular weight excluding hydrogens is 442 g/mol. The fourth-order valence-corrected chi connectivity index (χ4v) is 9.10. The molecule has 1 aromatic rings. The minimum Gasteiger partial charge on any atom is -0.393 e. The van der Waals surface area contributed by atoms with Gasteiger partial charge in [-0.15, -0.1) is 0 Å². The van der Waals surface area contributed by atoms with E-state index < -0.39 is 0 Å². The van der Waals surface area contributed by atoms with E-state index in [1.807, 2.05) is 30.3 Å². The van der Waals surface area contributed by atoms with Crippen LogP contribution < -0.4 is 5.32 Å². The zero-order valence-corrected chi connectivity index (χ0v) is 23.2. The Kier molecular flexibility index (Phi) is 6.77. The Balaban J connectivity index is 1.24. The summed E-state index contributed by atoms with van der Waals surface area (Å²) in [6, 6.07) is 9.53. The van der Waals surface area contributed by atoms with Crippen molar-refractivity contribution in [3.05, 3.63) is 58.7 Å². The lowest BCUT2D eigenvalue weighted by Gasteiger charge is -2.59. The molecule has 0 bridgehead atoms. The van der Waals surface area contributed by atoms with E-state index in [1.165, 1.54) is 32.1 Å². The first kappa shape index (κ1) is 25.8. The van der Waals surface area contributed by atoms with Crippen LogP contribution in [0, 0.1) is 34.0 Å². The molecule has 4 aliphatic rings. The van der Waals surface area contributed by atoms with E-state index in [4.69, 9.17) is 0 Å². The van der Waals surface area contributed by atoms with Crippen LogP contribution >= 0.6 is 0 Å².